The van der Waals surface area contributed by atoms with Crippen LogP contribution in [0.2, 0.25) is 0 Å². The smallest absolute Gasteiger partial charge is 0.137 e. The number of aromatic nitrogens is 1. The molecule has 2 aromatic rings. The molecule has 1 aromatic carbocycles. The SMILES string of the molecule is CCC(CO)CC(=O)C1CC2c3cccc4c3c(c(C3CC3)n4C)C[C@H]2N(C)C1. The number of aliphatic hydroxyl groups excluding tert-OH is 1. The number of nitrogens with zero attached hydrogens (tertiary/aromatic N) is 2. The quantitative estimate of drug-likeness (QED) is 0.806. The van der Waals surface area contributed by atoms with Crippen LogP contribution >= 0.6 is 0 Å². The summed E-state index contributed by atoms with van der Waals surface area (Å²) >= 11 is 0. The zero-order valence-corrected chi connectivity index (χ0v) is 18.0. The van der Waals surface area contributed by atoms with Crippen LogP contribution in [0.5, 0.6) is 0 Å². The summed E-state index contributed by atoms with van der Waals surface area (Å²) < 4.78 is 2.46. The summed E-state index contributed by atoms with van der Waals surface area (Å²) in [6.45, 7) is 3.04. The molecule has 0 bridgehead atoms. The monoisotopic (exact) mass is 394 g/mol. The van der Waals surface area contributed by atoms with Gasteiger partial charge in [0.1, 0.15) is 5.78 Å². The first kappa shape index (κ1) is 19.3. The van der Waals surface area contributed by atoms with Gasteiger partial charge in [-0.05, 0) is 61.8 Å². The van der Waals surface area contributed by atoms with Gasteiger partial charge in [0.2, 0.25) is 0 Å². The molecule has 29 heavy (non-hydrogen) atoms. The Morgan fingerprint density at radius 3 is 2.76 bits per heavy atom. The number of hydrogen-bond donors (Lipinski definition) is 1. The third-order valence-electron chi connectivity index (χ3n) is 8.04. The van der Waals surface area contributed by atoms with Crippen molar-refractivity contribution in [3.63, 3.8) is 0 Å². The number of rotatable bonds is 6. The third kappa shape index (κ3) is 3.07. The van der Waals surface area contributed by atoms with Gasteiger partial charge in [-0.2, -0.15) is 0 Å². The summed E-state index contributed by atoms with van der Waals surface area (Å²) in [6, 6.07) is 7.31. The number of carbonyl (C=O) groups excluding carboxylic acids is 1. The Balaban J connectivity index is 1.51. The second-order valence-electron chi connectivity index (χ2n) is 9.82. The number of hydrogen-bond acceptors (Lipinski definition) is 3. The van der Waals surface area contributed by atoms with Gasteiger partial charge in [-0.15, -0.1) is 0 Å². The van der Waals surface area contributed by atoms with E-state index in [9.17, 15) is 9.90 Å². The molecule has 4 atom stereocenters. The van der Waals surface area contributed by atoms with Crippen molar-refractivity contribution in [1.82, 2.24) is 9.47 Å². The molecule has 0 radical (unpaired) electrons. The average molecular weight is 395 g/mol. The number of benzene rings is 1. The van der Waals surface area contributed by atoms with Gasteiger partial charge in [0, 0.05) is 61.1 Å². The lowest BCUT2D eigenvalue weighted by atomic mass is 9.70. The van der Waals surface area contributed by atoms with Gasteiger partial charge in [0.25, 0.3) is 0 Å². The van der Waals surface area contributed by atoms with Crippen molar-refractivity contribution in [2.24, 2.45) is 18.9 Å². The van der Waals surface area contributed by atoms with E-state index in [0.717, 1.165) is 31.7 Å². The lowest BCUT2D eigenvalue weighted by Gasteiger charge is -2.45. The van der Waals surface area contributed by atoms with Crippen molar-refractivity contribution in [1.29, 1.82) is 0 Å². The van der Waals surface area contributed by atoms with Crippen molar-refractivity contribution in [3.05, 3.63) is 35.0 Å². The molecule has 2 aliphatic carbocycles. The molecule has 4 nitrogen and oxygen atoms in total. The lowest BCUT2D eigenvalue weighted by Crippen LogP contribution is -2.49. The van der Waals surface area contributed by atoms with Gasteiger partial charge in [-0.3, -0.25) is 4.79 Å². The van der Waals surface area contributed by atoms with Crippen molar-refractivity contribution >= 4 is 16.7 Å². The van der Waals surface area contributed by atoms with E-state index >= 15 is 0 Å². The van der Waals surface area contributed by atoms with Gasteiger partial charge < -0.3 is 14.6 Å². The number of likely N-dealkylation sites (N-methyl/N-ethyl adjacent to an activating group) is 1. The number of fused-ring (bicyclic) bond motifs is 2. The number of Topliss-reactive ketones (excluding diaryl/α,β-unsaturated/α-hetero) is 1. The van der Waals surface area contributed by atoms with E-state index in [-0.39, 0.29) is 18.4 Å². The van der Waals surface area contributed by atoms with Gasteiger partial charge in [0.15, 0.2) is 0 Å². The second-order valence-corrected chi connectivity index (χ2v) is 9.82. The Bertz CT molecular complexity index is 938. The molecule has 2 heterocycles. The zero-order valence-electron chi connectivity index (χ0n) is 18.0. The standard InChI is InChI=1S/C25H34N2O2/c1-4-15(14-28)10-23(29)17-11-19-18-6-5-7-21-24(18)20(12-22(19)26(2)13-17)25(27(21)3)16-8-9-16/h5-7,15-17,19,22,28H,4,8-14H2,1-3H3/t15?,17?,19?,22-/m1/s1. The first-order chi connectivity index (χ1) is 14.0. The predicted octanol–water partition coefficient (Wildman–Crippen LogP) is 3.99. The number of ketones is 1. The topological polar surface area (TPSA) is 45.5 Å². The Morgan fingerprint density at radius 1 is 1.28 bits per heavy atom. The van der Waals surface area contributed by atoms with Crippen LogP contribution < -0.4 is 0 Å². The van der Waals surface area contributed by atoms with Crippen LogP contribution in [-0.4, -0.2) is 46.6 Å². The van der Waals surface area contributed by atoms with E-state index in [4.69, 9.17) is 0 Å². The van der Waals surface area contributed by atoms with E-state index in [0.29, 0.717) is 24.2 Å². The first-order valence-electron chi connectivity index (χ1n) is 11.5. The summed E-state index contributed by atoms with van der Waals surface area (Å²) in [4.78, 5) is 15.5. The molecule has 2 fully saturated rings. The number of aliphatic hydroxyl groups is 1. The zero-order chi connectivity index (χ0) is 20.3. The minimum Gasteiger partial charge on any atom is -0.396 e. The van der Waals surface area contributed by atoms with Gasteiger partial charge >= 0.3 is 0 Å². The largest absolute Gasteiger partial charge is 0.396 e. The van der Waals surface area contributed by atoms with Crippen LogP contribution in [0.25, 0.3) is 10.9 Å². The van der Waals surface area contributed by atoms with Gasteiger partial charge in [0.05, 0.1) is 0 Å². The molecular weight excluding hydrogens is 360 g/mol. The molecule has 1 aliphatic heterocycles. The van der Waals surface area contributed by atoms with E-state index < -0.39 is 0 Å². The summed E-state index contributed by atoms with van der Waals surface area (Å²) in [5.74, 6) is 1.73. The fourth-order valence-electron chi connectivity index (χ4n) is 6.21. The Morgan fingerprint density at radius 2 is 2.07 bits per heavy atom. The molecule has 4 heteroatoms. The van der Waals surface area contributed by atoms with Crippen molar-refractivity contribution in [2.75, 3.05) is 20.2 Å². The molecule has 5 rings (SSSR count). The highest BCUT2D eigenvalue weighted by Gasteiger charge is 2.43. The highest BCUT2D eigenvalue weighted by molar-refractivity contribution is 5.91. The number of likely N-dealkylation sites (tertiary alicyclic amines) is 1. The summed E-state index contributed by atoms with van der Waals surface area (Å²) in [5.41, 5.74) is 6.01. The number of piperidine rings is 1. The lowest BCUT2D eigenvalue weighted by molar-refractivity contribution is -0.126. The number of aryl methyl sites for hydroxylation is 1. The van der Waals surface area contributed by atoms with E-state index in [1.54, 1.807) is 11.3 Å². The molecule has 1 aromatic heterocycles. The van der Waals surface area contributed by atoms with Crippen LogP contribution in [0.15, 0.2) is 18.2 Å². The normalized spacial score (nSPS) is 27.8. The molecule has 156 valence electrons. The molecule has 1 saturated heterocycles. The van der Waals surface area contributed by atoms with Crippen LogP contribution in [0.3, 0.4) is 0 Å². The van der Waals surface area contributed by atoms with Crippen LogP contribution in [0, 0.1) is 11.8 Å². The maximum atomic E-state index is 13.0. The third-order valence-corrected chi connectivity index (χ3v) is 8.04. The van der Waals surface area contributed by atoms with Crippen molar-refractivity contribution < 1.29 is 9.90 Å². The molecular formula is C25H34N2O2. The van der Waals surface area contributed by atoms with Gasteiger partial charge in [-0.25, -0.2) is 0 Å². The fraction of sp³-hybridized carbons (Fsp3) is 0.640. The summed E-state index contributed by atoms with van der Waals surface area (Å²) in [7, 11) is 4.46. The van der Waals surface area contributed by atoms with Crippen molar-refractivity contribution in [2.45, 2.75) is 63.3 Å². The summed E-state index contributed by atoms with van der Waals surface area (Å²) in [5, 5.41) is 11.0. The Labute approximate surface area is 173 Å². The average Bonchev–Trinajstić information content (AvgIpc) is 3.52. The fourth-order valence-corrected chi connectivity index (χ4v) is 6.21. The molecule has 0 amide bonds. The maximum Gasteiger partial charge on any atom is 0.137 e. The molecule has 1 N–H and O–H groups in total. The molecule has 0 spiro atoms. The first-order valence-corrected chi connectivity index (χ1v) is 11.5. The molecule has 3 unspecified atom stereocenters. The Hall–Kier alpha value is -1.65. The van der Waals surface area contributed by atoms with E-state index in [1.165, 1.54) is 29.3 Å². The molecule has 3 aliphatic rings. The minimum atomic E-state index is 0.0882. The summed E-state index contributed by atoms with van der Waals surface area (Å²) in [6.07, 6.45) is 6.13. The van der Waals surface area contributed by atoms with Crippen molar-refractivity contribution in [3.8, 4) is 0 Å². The van der Waals surface area contributed by atoms with Crippen LogP contribution in [0.1, 0.15) is 67.7 Å². The van der Waals surface area contributed by atoms with Gasteiger partial charge in [-0.1, -0.05) is 25.5 Å². The predicted molar refractivity (Wildman–Crippen MR) is 116 cm³/mol. The number of carbonyl (C=O) groups is 1. The maximum absolute atomic E-state index is 13.0. The van der Waals surface area contributed by atoms with E-state index in [1.807, 2.05) is 0 Å². The van der Waals surface area contributed by atoms with Crippen LogP contribution in [0.4, 0.5) is 0 Å². The highest BCUT2D eigenvalue weighted by Crippen LogP contribution is 2.51. The highest BCUT2D eigenvalue weighted by atomic mass is 16.3. The van der Waals surface area contributed by atoms with E-state index in [2.05, 4.69) is 48.7 Å². The molecule has 1 saturated carbocycles. The minimum absolute atomic E-state index is 0.0882. The second kappa shape index (κ2) is 7.24. The Kier molecular flexibility index (Phi) is 4.83. The van der Waals surface area contributed by atoms with Crippen LogP contribution in [-0.2, 0) is 18.3 Å².